The number of benzene rings is 2. The van der Waals surface area contributed by atoms with E-state index in [0.717, 1.165) is 30.9 Å². The number of carbonyl (C=O) groups excluding carboxylic acids is 3. The van der Waals surface area contributed by atoms with Crippen LogP contribution in [0, 0.1) is 18.8 Å². The summed E-state index contributed by atoms with van der Waals surface area (Å²) in [4.78, 5) is 43.6. The van der Waals surface area contributed by atoms with E-state index in [0.29, 0.717) is 5.56 Å². The lowest BCUT2D eigenvalue weighted by Gasteiger charge is -2.22. The first-order valence-corrected chi connectivity index (χ1v) is 14.0. The van der Waals surface area contributed by atoms with Crippen molar-refractivity contribution < 1.29 is 28.7 Å². The zero-order valence-corrected chi connectivity index (χ0v) is 26.6. The fourth-order valence-electron chi connectivity index (χ4n) is 3.16. The Hall–Kier alpha value is -4.17. The standard InChI is InChI=1S/C27H31N3O5.C6H15NO/c1-19-10-12-20(13-11-19)8-6-7-9-21-14-16-22(17-15-21)24(31)29-23(25(32)30-34-5)18-28-26(33)35-27(2,3)4;1-4-8-6-5-7(2)3/h6,8,10-17,23H,18H2,1-5H3,(H,28,33)(H,29,31)(H,30,32);4-6H2,1-3H3/b8-6+;. The number of rotatable bonds is 11. The molecule has 0 aliphatic heterocycles. The Balaban J connectivity index is 0.00000101. The maximum Gasteiger partial charge on any atom is 0.407 e. The average Bonchev–Trinajstić information content (AvgIpc) is 2.94. The van der Waals surface area contributed by atoms with Crippen molar-refractivity contribution in [3.63, 3.8) is 0 Å². The number of ether oxygens (including phenoxy) is 2. The van der Waals surface area contributed by atoms with E-state index in [2.05, 4.69) is 37.7 Å². The van der Waals surface area contributed by atoms with Crippen LogP contribution in [-0.2, 0) is 19.1 Å². The monoisotopic (exact) mass is 594 g/mol. The maximum atomic E-state index is 12.7. The van der Waals surface area contributed by atoms with Crippen LogP contribution in [0.2, 0.25) is 0 Å². The Morgan fingerprint density at radius 3 is 2.23 bits per heavy atom. The fraction of sp³-hybridized carbons (Fsp3) is 0.424. The number of alkyl carbamates (subject to hydrolysis) is 1. The van der Waals surface area contributed by atoms with Gasteiger partial charge in [-0.05, 0) is 90.7 Å². The molecule has 3 amide bonds. The molecule has 0 aromatic heterocycles. The second-order valence-electron chi connectivity index (χ2n) is 10.7. The second-order valence-corrected chi connectivity index (χ2v) is 10.7. The molecule has 10 heteroatoms. The summed E-state index contributed by atoms with van der Waals surface area (Å²) < 4.78 is 10.3. The first kappa shape index (κ1) is 36.9. The van der Waals surface area contributed by atoms with Gasteiger partial charge in [-0.15, -0.1) is 0 Å². The third-order valence-electron chi connectivity index (χ3n) is 5.36. The summed E-state index contributed by atoms with van der Waals surface area (Å²) in [6.45, 7) is 11.7. The Morgan fingerprint density at radius 2 is 1.67 bits per heavy atom. The summed E-state index contributed by atoms with van der Waals surface area (Å²) in [5.74, 6) is 4.86. The van der Waals surface area contributed by atoms with E-state index < -0.39 is 29.6 Å². The van der Waals surface area contributed by atoms with Gasteiger partial charge >= 0.3 is 6.09 Å². The van der Waals surface area contributed by atoms with Gasteiger partial charge in [-0.3, -0.25) is 14.4 Å². The van der Waals surface area contributed by atoms with Gasteiger partial charge in [-0.1, -0.05) is 41.7 Å². The zero-order valence-electron chi connectivity index (χ0n) is 26.6. The molecule has 0 saturated carbocycles. The predicted molar refractivity (Wildman–Crippen MR) is 169 cm³/mol. The highest BCUT2D eigenvalue weighted by molar-refractivity contribution is 5.97. The van der Waals surface area contributed by atoms with Crippen LogP contribution in [0.1, 0.15) is 54.7 Å². The third kappa shape index (κ3) is 17.4. The van der Waals surface area contributed by atoms with Crippen LogP contribution in [0.25, 0.3) is 6.08 Å². The molecule has 2 rings (SSSR count). The summed E-state index contributed by atoms with van der Waals surface area (Å²) in [5.41, 5.74) is 4.78. The molecule has 0 radical (unpaired) electrons. The van der Waals surface area contributed by atoms with Crippen molar-refractivity contribution in [2.45, 2.75) is 46.3 Å². The Bertz CT molecular complexity index is 1220. The average molecular weight is 595 g/mol. The van der Waals surface area contributed by atoms with Crippen molar-refractivity contribution in [3.05, 3.63) is 76.9 Å². The van der Waals surface area contributed by atoms with Crippen LogP contribution < -0.4 is 16.1 Å². The van der Waals surface area contributed by atoms with Crippen LogP contribution in [0.15, 0.2) is 54.6 Å². The number of aryl methyl sites for hydroxylation is 1. The molecule has 43 heavy (non-hydrogen) atoms. The van der Waals surface area contributed by atoms with Gasteiger partial charge in [-0.25, -0.2) is 10.3 Å². The minimum atomic E-state index is -1.08. The lowest BCUT2D eigenvalue weighted by molar-refractivity contribution is -0.133. The molecule has 0 bridgehead atoms. The van der Waals surface area contributed by atoms with Crippen LogP contribution in [0.3, 0.4) is 0 Å². The van der Waals surface area contributed by atoms with Crippen molar-refractivity contribution in [1.29, 1.82) is 0 Å². The third-order valence-corrected chi connectivity index (χ3v) is 5.36. The number of carbonyl (C=O) groups is 3. The summed E-state index contributed by atoms with van der Waals surface area (Å²) >= 11 is 0. The summed E-state index contributed by atoms with van der Waals surface area (Å²) in [6.07, 6.45) is 2.98. The first-order valence-electron chi connectivity index (χ1n) is 14.0. The number of hydrogen-bond acceptors (Lipinski definition) is 7. The molecule has 10 nitrogen and oxygen atoms in total. The molecular formula is C33H46N4O6. The SMILES string of the molecule is CCOCCN(C)C.CONC(=O)C(CNC(=O)OC(C)(C)C)NC(=O)c1ccc(C#C/C=C/c2ccc(C)cc2)cc1. The molecule has 2 aromatic carbocycles. The maximum absolute atomic E-state index is 12.7. The highest BCUT2D eigenvalue weighted by atomic mass is 16.6. The largest absolute Gasteiger partial charge is 0.444 e. The molecule has 0 aliphatic carbocycles. The van der Waals surface area contributed by atoms with E-state index in [1.807, 2.05) is 58.3 Å². The van der Waals surface area contributed by atoms with Crippen molar-refractivity contribution >= 4 is 24.0 Å². The number of hydrogen-bond donors (Lipinski definition) is 3. The molecule has 3 N–H and O–H groups in total. The van der Waals surface area contributed by atoms with Gasteiger partial charge in [0.2, 0.25) is 0 Å². The molecule has 0 spiro atoms. The lowest BCUT2D eigenvalue weighted by atomic mass is 10.1. The number of likely N-dealkylation sites (N-methyl/N-ethyl adjacent to an activating group) is 1. The molecule has 0 fully saturated rings. The molecule has 1 unspecified atom stereocenters. The predicted octanol–water partition coefficient (Wildman–Crippen LogP) is 3.95. The molecule has 0 heterocycles. The summed E-state index contributed by atoms with van der Waals surface area (Å²) in [5, 5.41) is 5.05. The van der Waals surface area contributed by atoms with Crippen molar-refractivity contribution in [3.8, 4) is 11.8 Å². The molecule has 0 aliphatic rings. The quantitative estimate of drug-likeness (QED) is 0.205. The van der Waals surface area contributed by atoms with E-state index in [9.17, 15) is 14.4 Å². The van der Waals surface area contributed by atoms with E-state index in [-0.39, 0.29) is 6.54 Å². The normalized spacial score (nSPS) is 11.5. The fourth-order valence-corrected chi connectivity index (χ4v) is 3.16. The highest BCUT2D eigenvalue weighted by Gasteiger charge is 2.24. The smallest absolute Gasteiger partial charge is 0.407 e. The van der Waals surface area contributed by atoms with Crippen LogP contribution in [0.5, 0.6) is 0 Å². The van der Waals surface area contributed by atoms with E-state index >= 15 is 0 Å². The van der Waals surface area contributed by atoms with Gasteiger partial charge < -0.3 is 25.0 Å². The minimum absolute atomic E-state index is 0.188. The van der Waals surface area contributed by atoms with Gasteiger partial charge in [0.25, 0.3) is 11.8 Å². The number of nitrogens with zero attached hydrogens (tertiary/aromatic N) is 1. The Labute approximate surface area is 256 Å². The number of amides is 3. The van der Waals surface area contributed by atoms with Crippen molar-refractivity contribution in [2.75, 3.05) is 47.5 Å². The Kier molecular flexibility index (Phi) is 17.0. The van der Waals surface area contributed by atoms with Gasteiger partial charge in [-0.2, -0.15) is 0 Å². The van der Waals surface area contributed by atoms with E-state index in [1.54, 1.807) is 51.1 Å². The lowest BCUT2D eigenvalue weighted by Crippen LogP contribution is -2.52. The number of allylic oxidation sites excluding steroid dienone is 1. The van der Waals surface area contributed by atoms with Crippen LogP contribution >= 0.6 is 0 Å². The Morgan fingerprint density at radius 1 is 1.02 bits per heavy atom. The minimum Gasteiger partial charge on any atom is -0.444 e. The van der Waals surface area contributed by atoms with Gasteiger partial charge in [0, 0.05) is 24.3 Å². The number of nitrogens with one attached hydrogen (secondary N) is 3. The highest BCUT2D eigenvalue weighted by Crippen LogP contribution is 2.07. The van der Waals surface area contributed by atoms with Gasteiger partial charge in [0.05, 0.1) is 20.3 Å². The van der Waals surface area contributed by atoms with E-state index in [1.165, 1.54) is 12.7 Å². The molecule has 1 atom stereocenters. The van der Waals surface area contributed by atoms with Crippen LogP contribution in [-0.4, -0.2) is 82.0 Å². The van der Waals surface area contributed by atoms with Gasteiger partial charge in [0.1, 0.15) is 11.6 Å². The number of hydroxylamine groups is 1. The first-order chi connectivity index (χ1) is 20.3. The zero-order chi connectivity index (χ0) is 32.3. The molecule has 2 aromatic rings. The molecule has 234 valence electrons. The summed E-state index contributed by atoms with van der Waals surface area (Å²) in [6, 6.07) is 13.7. The topological polar surface area (TPSA) is 118 Å². The molecule has 0 saturated heterocycles. The van der Waals surface area contributed by atoms with Crippen molar-refractivity contribution in [1.82, 2.24) is 21.0 Å². The summed E-state index contributed by atoms with van der Waals surface area (Å²) in [7, 11) is 5.35. The van der Waals surface area contributed by atoms with Gasteiger partial charge in [0.15, 0.2) is 0 Å². The second kappa shape index (κ2) is 19.9. The van der Waals surface area contributed by atoms with E-state index in [4.69, 9.17) is 9.47 Å². The van der Waals surface area contributed by atoms with Crippen LogP contribution in [0.4, 0.5) is 4.79 Å². The molecular weight excluding hydrogens is 548 g/mol. The van der Waals surface area contributed by atoms with Crippen molar-refractivity contribution in [2.24, 2.45) is 0 Å².